The van der Waals surface area contributed by atoms with Crippen LogP contribution in [-0.4, -0.2) is 5.11 Å². The highest BCUT2D eigenvalue weighted by Crippen LogP contribution is 2.27. The largest absolute Gasteiger partial charge is 0.399 e. The molecule has 2 rings (SSSR count). The van der Waals surface area contributed by atoms with Gasteiger partial charge in [-0.2, -0.15) is 0 Å². The average molecular weight is 253 g/mol. The van der Waals surface area contributed by atoms with E-state index in [0.717, 1.165) is 12.1 Å². The van der Waals surface area contributed by atoms with E-state index in [1.165, 1.54) is 12.1 Å². The summed E-state index contributed by atoms with van der Waals surface area (Å²) in [5.74, 6) is -4.29. The molecular formula is C13H10F3NO. The summed E-state index contributed by atoms with van der Waals surface area (Å²) in [7, 11) is 0. The number of anilines is 1. The van der Waals surface area contributed by atoms with Gasteiger partial charge in [-0.05, 0) is 23.8 Å². The number of hydrogen-bond acceptors (Lipinski definition) is 2. The Balaban J connectivity index is 2.46. The highest BCUT2D eigenvalue weighted by Gasteiger charge is 2.20. The number of nitrogen functional groups attached to an aromatic ring is 1. The van der Waals surface area contributed by atoms with Crippen molar-refractivity contribution in [1.29, 1.82) is 0 Å². The minimum Gasteiger partial charge on any atom is -0.399 e. The molecule has 0 aromatic heterocycles. The first-order chi connectivity index (χ1) is 8.50. The van der Waals surface area contributed by atoms with Crippen molar-refractivity contribution in [1.82, 2.24) is 0 Å². The van der Waals surface area contributed by atoms with Gasteiger partial charge in [0.15, 0.2) is 17.5 Å². The molecule has 94 valence electrons. The summed E-state index contributed by atoms with van der Waals surface area (Å²) >= 11 is 0. The lowest BCUT2D eigenvalue weighted by Crippen LogP contribution is -2.06. The van der Waals surface area contributed by atoms with Crippen molar-refractivity contribution in [2.45, 2.75) is 6.10 Å². The zero-order valence-electron chi connectivity index (χ0n) is 9.20. The molecule has 0 spiro atoms. The highest BCUT2D eigenvalue weighted by atomic mass is 19.2. The Morgan fingerprint density at radius 1 is 1.00 bits per heavy atom. The van der Waals surface area contributed by atoms with E-state index in [-0.39, 0.29) is 5.56 Å². The van der Waals surface area contributed by atoms with Crippen LogP contribution in [0.4, 0.5) is 18.9 Å². The molecular weight excluding hydrogens is 243 g/mol. The molecule has 0 saturated carbocycles. The van der Waals surface area contributed by atoms with Gasteiger partial charge >= 0.3 is 0 Å². The monoisotopic (exact) mass is 253 g/mol. The van der Waals surface area contributed by atoms with Gasteiger partial charge in [0.05, 0.1) is 0 Å². The maximum atomic E-state index is 13.5. The summed E-state index contributed by atoms with van der Waals surface area (Å²) in [6, 6.07) is 7.89. The van der Waals surface area contributed by atoms with Gasteiger partial charge in [-0.3, -0.25) is 0 Å². The topological polar surface area (TPSA) is 46.2 Å². The number of aliphatic hydroxyl groups excluding tert-OH is 1. The van der Waals surface area contributed by atoms with Gasteiger partial charge < -0.3 is 10.8 Å². The smallest absolute Gasteiger partial charge is 0.194 e. The van der Waals surface area contributed by atoms with E-state index in [1.54, 1.807) is 12.1 Å². The second kappa shape index (κ2) is 4.70. The summed E-state index contributed by atoms with van der Waals surface area (Å²) in [6.45, 7) is 0. The van der Waals surface area contributed by atoms with Gasteiger partial charge in [0.25, 0.3) is 0 Å². The maximum absolute atomic E-state index is 13.5. The van der Waals surface area contributed by atoms with E-state index >= 15 is 0 Å². The Kier molecular flexibility index (Phi) is 3.25. The van der Waals surface area contributed by atoms with E-state index in [9.17, 15) is 18.3 Å². The Hall–Kier alpha value is -2.01. The average Bonchev–Trinajstić information content (AvgIpc) is 2.35. The van der Waals surface area contributed by atoms with Crippen LogP contribution >= 0.6 is 0 Å². The van der Waals surface area contributed by atoms with Crippen molar-refractivity contribution in [3.05, 3.63) is 65.0 Å². The fourth-order valence-corrected chi connectivity index (χ4v) is 1.66. The molecule has 0 bridgehead atoms. The lowest BCUT2D eigenvalue weighted by Gasteiger charge is -2.13. The van der Waals surface area contributed by atoms with Gasteiger partial charge in [-0.1, -0.05) is 18.2 Å². The Morgan fingerprint density at radius 2 is 1.72 bits per heavy atom. The second-order valence-electron chi connectivity index (χ2n) is 3.84. The fraction of sp³-hybridized carbons (Fsp3) is 0.0769. The first-order valence-electron chi connectivity index (χ1n) is 5.17. The fourth-order valence-electron chi connectivity index (χ4n) is 1.66. The third kappa shape index (κ3) is 2.17. The SMILES string of the molecule is Nc1cccc(C(O)c2ccc(F)c(F)c2F)c1. The minimum atomic E-state index is -1.60. The van der Waals surface area contributed by atoms with Crippen molar-refractivity contribution >= 4 is 5.69 Å². The van der Waals surface area contributed by atoms with Gasteiger partial charge in [0.1, 0.15) is 6.10 Å². The Bertz CT molecular complexity index is 586. The van der Waals surface area contributed by atoms with Crippen molar-refractivity contribution in [3.8, 4) is 0 Å². The van der Waals surface area contributed by atoms with Gasteiger partial charge in [0, 0.05) is 11.3 Å². The molecule has 0 aliphatic rings. The molecule has 0 fully saturated rings. The summed E-state index contributed by atoms with van der Waals surface area (Å²) in [5, 5.41) is 9.93. The number of aliphatic hydroxyl groups is 1. The van der Waals surface area contributed by atoms with Crippen molar-refractivity contribution in [3.63, 3.8) is 0 Å². The lowest BCUT2D eigenvalue weighted by molar-refractivity contribution is 0.212. The predicted molar refractivity (Wildman–Crippen MR) is 61.2 cm³/mol. The molecule has 3 N–H and O–H groups in total. The van der Waals surface area contributed by atoms with Crippen molar-refractivity contribution in [2.24, 2.45) is 0 Å². The normalized spacial score (nSPS) is 12.4. The van der Waals surface area contributed by atoms with Crippen LogP contribution in [0.1, 0.15) is 17.2 Å². The van der Waals surface area contributed by atoms with Crippen LogP contribution < -0.4 is 5.73 Å². The van der Waals surface area contributed by atoms with E-state index in [0.29, 0.717) is 11.3 Å². The van der Waals surface area contributed by atoms with E-state index in [1.807, 2.05) is 0 Å². The quantitative estimate of drug-likeness (QED) is 0.638. The number of benzene rings is 2. The van der Waals surface area contributed by atoms with Crippen molar-refractivity contribution < 1.29 is 18.3 Å². The molecule has 5 heteroatoms. The molecule has 2 aromatic rings. The summed E-state index contributed by atoms with van der Waals surface area (Å²) in [4.78, 5) is 0. The zero-order chi connectivity index (χ0) is 13.3. The van der Waals surface area contributed by atoms with Crippen LogP contribution in [0.15, 0.2) is 36.4 Å². The maximum Gasteiger partial charge on any atom is 0.194 e. The second-order valence-corrected chi connectivity index (χ2v) is 3.84. The standard InChI is InChI=1S/C13H10F3NO/c14-10-5-4-9(11(15)12(10)16)13(18)7-2-1-3-8(17)6-7/h1-6,13,18H,17H2. The Morgan fingerprint density at radius 3 is 2.39 bits per heavy atom. The molecule has 0 aliphatic heterocycles. The first kappa shape index (κ1) is 12.4. The number of halogens is 3. The predicted octanol–water partition coefficient (Wildman–Crippen LogP) is 2.77. The molecule has 18 heavy (non-hydrogen) atoms. The number of hydrogen-bond donors (Lipinski definition) is 2. The van der Waals surface area contributed by atoms with E-state index in [2.05, 4.69) is 0 Å². The van der Waals surface area contributed by atoms with Gasteiger partial charge in [-0.25, -0.2) is 13.2 Å². The third-order valence-electron chi connectivity index (χ3n) is 2.59. The van der Waals surface area contributed by atoms with Crippen LogP contribution in [0.2, 0.25) is 0 Å². The van der Waals surface area contributed by atoms with Crippen LogP contribution in [0.25, 0.3) is 0 Å². The molecule has 1 unspecified atom stereocenters. The zero-order valence-corrected chi connectivity index (χ0v) is 9.20. The molecule has 0 amide bonds. The first-order valence-corrected chi connectivity index (χ1v) is 5.17. The number of nitrogens with two attached hydrogens (primary N) is 1. The van der Waals surface area contributed by atoms with Crippen LogP contribution in [0.5, 0.6) is 0 Å². The van der Waals surface area contributed by atoms with Crippen LogP contribution in [0.3, 0.4) is 0 Å². The van der Waals surface area contributed by atoms with Crippen molar-refractivity contribution in [2.75, 3.05) is 5.73 Å². The molecule has 1 atom stereocenters. The molecule has 2 nitrogen and oxygen atoms in total. The summed E-state index contributed by atoms with van der Waals surface area (Å²) < 4.78 is 39.3. The van der Waals surface area contributed by atoms with E-state index < -0.39 is 23.6 Å². The highest BCUT2D eigenvalue weighted by molar-refractivity contribution is 5.43. The molecule has 0 heterocycles. The molecule has 0 radical (unpaired) electrons. The van der Waals surface area contributed by atoms with Gasteiger partial charge in [0.2, 0.25) is 0 Å². The Labute approximate surface area is 101 Å². The molecule has 2 aromatic carbocycles. The molecule has 0 aliphatic carbocycles. The van der Waals surface area contributed by atoms with E-state index in [4.69, 9.17) is 5.73 Å². The minimum absolute atomic E-state index is 0.305. The number of rotatable bonds is 2. The summed E-state index contributed by atoms with van der Waals surface area (Å²) in [5.41, 5.74) is 5.88. The van der Waals surface area contributed by atoms with Crippen LogP contribution in [-0.2, 0) is 0 Å². The third-order valence-corrected chi connectivity index (χ3v) is 2.59. The van der Waals surface area contributed by atoms with Gasteiger partial charge in [-0.15, -0.1) is 0 Å². The summed E-state index contributed by atoms with van der Waals surface area (Å²) in [6.07, 6.45) is -1.40. The lowest BCUT2D eigenvalue weighted by atomic mass is 10.0. The molecule has 0 saturated heterocycles. The van der Waals surface area contributed by atoms with Crippen LogP contribution in [0, 0.1) is 17.5 Å².